The molecule has 0 bridgehead atoms. The second kappa shape index (κ2) is 5.93. The van der Waals surface area contributed by atoms with Crippen LogP contribution in [-0.2, 0) is 15.7 Å². The number of halogens is 3. The molecule has 2 rings (SSSR count). The summed E-state index contributed by atoms with van der Waals surface area (Å²) in [5.74, 6) is -0.427. The van der Waals surface area contributed by atoms with Gasteiger partial charge in [-0.25, -0.2) is 0 Å². The van der Waals surface area contributed by atoms with Crippen molar-refractivity contribution in [2.75, 3.05) is 31.8 Å². The first-order valence-electron chi connectivity index (χ1n) is 6.49. The first kappa shape index (κ1) is 15.6. The molecule has 116 valence electrons. The fraction of sp³-hybridized carbons (Fsp3) is 0.500. The number of rotatable bonds is 3. The maximum absolute atomic E-state index is 12.8. The normalized spacial score (nSPS) is 16.1. The molecular formula is C14H16F3NO3. The zero-order valence-corrected chi connectivity index (χ0v) is 11.7. The first-order valence-corrected chi connectivity index (χ1v) is 6.49. The average molecular weight is 303 g/mol. The lowest BCUT2D eigenvalue weighted by atomic mass is 10.1. The maximum Gasteiger partial charge on any atom is 0.416 e. The van der Waals surface area contributed by atoms with Gasteiger partial charge in [-0.1, -0.05) is 6.92 Å². The Hall–Kier alpha value is -1.76. The summed E-state index contributed by atoms with van der Waals surface area (Å²) in [5, 5.41) is 0. The van der Waals surface area contributed by atoms with Crippen LogP contribution >= 0.6 is 0 Å². The van der Waals surface area contributed by atoms with Gasteiger partial charge in [-0.15, -0.1) is 0 Å². The smallest absolute Gasteiger partial charge is 0.416 e. The van der Waals surface area contributed by atoms with Gasteiger partial charge in [-0.3, -0.25) is 4.79 Å². The zero-order valence-electron chi connectivity index (χ0n) is 11.7. The number of carbonyl (C=O) groups excluding carboxylic acids is 1. The molecule has 0 spiro atoms. The number of hydrogen-bond donors (Lipinski definition) is 0. The molecule has 0 aliphatic carbocycles. The van der Waals surface area contributed by atoms with Gasteiger partial charge in [0.25, 0.3) is 0 Å². The first-order chi connectivity index (χ1) is 9.84. The predicted octanol–water partition coefficient (Wildman–Crippen LogP) is 2.71. The number of ether oxygens (including phenoxy) is 2. The van der Waals surface area contributed by atoms with Gasteiger partial charge in [-0.2, -0.15) is 13.2 Å². The van der Waals surface area contributed by atoms with E-state index >= 15 is 0 Å². The number of amides is 1. The summed E-state index contributed by atoms with van der Waals surface area (Å²) in [6.07, 6.45) is -4.46. The van der Waals surface area contributed by atoms with Crippen LogP contribution in [0.15, 0.2) is 18.2 Å². The number of hydrogen-bond acceptors (Lipinski definition) is 3. The third-order valence-corrected chi connectivity index (χ3v) is 3.25. The number of benzene rings is 1. The molecule has 7 heteroatoms. The van der Waals surface area contributed by atoms with Crippen molar-refractivity contribution in [3.8, 4) is 5.75 Å². The lowest BCUT2D eigenvalue weighted by Crippen LogP contribution is -2.42. The van der Waals surface area contributed by atoms with Crippen LogP contribution < -0.4 is 9.64 Å². The van der Waals surface area contributed by atoms with E-state index in [-0.39, 0.29) is 37.1 Å². The lowest BCUT2D eigenvalue weighted by molar-refractivity contribution is -0.137. The third kappa shape index (κ3) is 3.29. The van der Waals surface area contributed by atoms with Crippen molar-refractivity contribution >= 4 is 11.6 Å². The number of fused-ring (bicyclic) bond motifs is 1. The van der Waals surface area contributed by atoms with Gasteiger partial charge in [0.1, 0.15) is 12.4 Å². The highest BCUT2D eigenvalue weighted by Gasteiger charge is 2.34. The minimum Gasteiger partial charge on any atom is -0.490 e. The van der Waals surface area contributed by atoms with Gasteiger partial charge >= 0.3 is 6.18 Å². The van der Waals surface area contributed by atoms with Crippen LogP contribution in [0.25, 0.3) is 0 Å². The van der Waals surface area contributed by atoms with Crippen molar-refractivity contribution in [3.05, 3.63) is 23.8 Å². The van der Waals surface area contributed by atoms with Crippen molar-refractivity contribution in [2.24, 2.45) is 5.92 Å². The Balaban J connectivity index is 2.35. The van der Waals surface area contributed by atoms with Crippen LogP contribution in [0.1, 0.15) is 12.5 Å². The quantitative estimate of drug-likeness (QED) is 0.862. The van der Waals surface area contributed by atoms with Crippen LogP contribution in [0, 0.1) is 5.92 Å². The Labute approximate surface area is 120 Å². The molecule has 1 aromatic rings. The minimum absolute atomic E-state index is 0.157. The Bertz CT molecular complexity index is 531. The fourth-order valence-electron chi connectivity index (χ4n) is 2.21. The lowest BCUT2D eigenvalue weighted by Gasteiger charge is -2.31. The SMILES string of the molecule is COC[C@H](C)C(=O)N1CCOc2ccc(C(F)(F)F)cc21. The summed E-state index contributed by atoms with van der Waals surface area (Å²) in [4.78, 5) is 13.7. The van der Waals surface area contributed by atoms with Gasteiger partial charge in [0.05, 0.1) is 30.3 Å². The summed E-state index contributed by atoms with van der Waals surface area (Å²) in [5.41, 5.74) is -0.645. The zero-order chi connectivity index (χ0) is 15.6. The van der Waals surface area contributed by atoms with Crippen molar-refractivity contribution in [3.63, 3.8) is 0 Å². The molecule has 1 amide bonds. The van der Waals surface area contributed by atoms with Gasteiger partial charge in [-0.05, 0) is 18.2 Å². The van der Waals surface area contributed by atoms with Crippen LogP contribution in [0.2, 0.25) is 0 Å². The van der Waals surface area contributed by atoms with E-state index in [9.17, 15) is 18.0 Å². The molecule has 1 aliphatic rings. The molecule has 0 radical (unpaired) electrons. The van der Waals surface area contributed by atoms with Crippen molar-refractivity contribution in [1.82, 2.24) is 0 Å². The summed E-state index contributed by atoms with van der Waals surface area (Å²) in [6, 6.07) is 3.15. The Morgan fingerprint density at radius 3 is 2.81 bits per heavy atom. The molecule has 1 heterocycles. The molecule has 21 heavy (non-hydrogen) atoms. The highest BCUT2D eigenvalue weighted by atomic mass is 19.4. The molecule has 0 aromatic heterocycles. The molecule has 4 nitrogen and oxygen atoms in total. The van der Waals surface area contributed by atoms with E-state index in [1.807, 2.05) is 0 Å². The van der Waals surface area contributed by atoms with E-state index in [1.165, 1.54) is 18.1 Å². The van der Waals surface area contributed by atoms with E-state index in [1.54, 1.807) is 6.92 Å². The topological polar surface area (TPSA) is 38.8 Å². The summed E-state index contributed by atoms with van der Waals surface area (Å²) in [6.45, 7) is 2.37. The minimum atomic E-state index is -4.46. The van der Waals surface area contributed by atoms with Crippen molar-refractivity contribution < 1.29 is 27.4 Å². The second-order valence-corrected chi connectivity index (χ2v) is 4.87. The van der Waals surface area contributed by atoms with E-state index in [0.29, 0.717) is 0 Å². The average Bonchev–Trinajstić information content (AvgIpc) is 2.44. The Morgan fingerprint density at radius 1 is 1.48 bits per heavy atom. The van der Waals surface area contributed by atoms with E-state index in [2.05, 4.69) is 0 Å². The number of nitrogens with zero attached hydrogens (tertiary/aromatic N) is 1. The number of alkyl halides is 3. The molecule has 0 N–H and O–H groups in total. The van der Waals surface area contributed by atoms with Gasteiger partial charge in [0, 0.05) is 7.11 Å². The number of carbonyl (C=O) groups is 1. The van der Waals surface area contributed by atoms with Crippen LogP contribution in [0.3, 0.4) is 0 Å². The molecule has 0 saturated carbocycles. The molecule has 0 fully saturated rings. The second-order valence-electron chi connectivity index (χ2n) is 4.87. The van der Waals surface area contributed by atoms with Crippen molar-refractivity contribution in [2.45, 2.75) is 13.1 Å². The summed E-state index contributed by atoms with van der Waals surface area (Å²) < 4.78 is 48.6. The van der Waals surface area contributed by atoms with Crippen LogP contribution in [0.4, 0.5) is 18.9 Å². The molecule has 0 saturated heterocycles. The van der Waals surface area contributed by atoms with E-state index in [4.69, 9.17) is 9.47 Å². The fourth-order valence-corrected chi connectivity index (χ4v) is 2.21. The largest absolute Gasteiger partial charge is 0.490 e. The highest BCUT2D eigenvalue weighted by molar-refractivity contribution is 5.96. The van der Waals surface area contributed by atoms with Gasteiger partial charge in [0.15, 0.2) is 0 Å². The molecule has 1 atom stereocenters. The van der Waals surface area contributed by atoms with E-state index in [0.717, 1.165) is 12.1 Å². The monoisotopic (exact) mass is 303 g/mol. The van der Waals surface area contributed by atoms with E-state index < -0.39 is 17.7 Å². The van der Waals surface area contributed by atoms with Crippen LogP contribution in [0.5, 0.6) is 5.75 Å². The molecule has 1 aromatic carbocycles. The standard InChI is InChI=1S/C14H16F3NO3/c1-9(8-20-2)13(19)18-5-6-21-12-4-3-10(7-11(12)18)14(15,16)17/h3-4,7,9H,5-6,8H2,1-2H3/t9-/m0/s1. The summed E-state index contributed by atoms with van der Waals surface area (Å²) in [7, 11) is 1.47. The number of anilines is 1. The van der Waals surface area contributed by atoms with Gasteiger partial charge in [0.2, 0.25) is 5.91 Å². The van der Waals surface area contributed by atoms with Gasteiger partial charge < -0.3 is 14.4 Å². The summed E-state index contributed by atoms with van der Waals surface area (Å²) >= 11 is 0. The number of methoxy groups -OCH3 is 1. The Morgan fingerprint density at radius 2 is 2.19 bits per heavy atom. The highest BCUT2D eigenvalue weighted by Crippen LogP contribution is 2.38. The molecule has 0 unspecified atom stereocenters. The maximum atomic E-state index is 12.8. The molecule has 1 aliphatic heterocycles. The van der Waals surface area contributed by atoms with Crippen molar-refractivity contribution in [1.29, 1.82) is 0 Å². The third-order valence-electron chi connectivity index (χ3n) is 3.25. The Kier molecular flexibility index (Phi) is 4.41. The predicted molar refractivity (Wildman–Crippen MR) is 70.3 cm³/mol. The molecular weight excluding hydrogens is 287 g/mol. The van der Waals surface area contributed by atoms with Crippen LogP contribution in [-0.4, -0.2) is 32.8 Å².